The Morgan fingerprint density at radius 3 is 2.14 bits per heavy atom. The molecule has 1 fully saturated rings. The number of ether oxygens (including phenoxy) is 1. The summed E-state index contributed by atoms with van der Waals surface area (Å²) in [6, 6.07) is 28.8. The van der Waals surface area contributed by atoms with Crippen molar-refractivity contribution in [2.45, 2.75) is 25.8 Å². The van der Waals surface area contributed by atoms with E-state index in [1.54, 1.807) is 6.92 Å². The highest BCUT2D eigenvalue weighted by atomic mass is 16.5. The zero-order chi connectivity index (χ0) is 24.5. The summed E-state index contributed by atoms with van der Waals surface area (Å²) >= 11 is 0. The molecule has 6 heteroatoms. The summed E-state index contributed by atoms with van der Waals surface area (Å²) in [4.78, 5) is 17.3. The van der Waals surface area contributed by atoms with Gasteiger partial charge in [0.2, 0.25) is 5.91 Å². The fourth-order valence-corrected chi connectivity index (χ4v) is 4.55. The molecule has 0 unspecified atom stereocenters. The second-order valence-electron chi connectivity index (χ2n) is 8.81. The monoisotopic (exact) mass is 471 g/mol. The Labute approximate surface area is 207 Å². The van der Waals surface area contributed by atoms with E-state index in [1.165, 1.54) is 11.1 Å². The second kappa shape index (κ2) is 12.2. The maximum atomic E-state index is 12.8. The summed E-state index contributed by atoms with van der Waals surface area (Å²) in [5.41, 5.74) is 3.90. The summed E-state index contributed by atoms with van der Waals surface area (Å²) in [6.45, 7) is 5.36. The van der Waals surface area contributed by atoms with Crippen LogP contribution in [0.1, 0.15) is 42.5 Å². The summed E-state index contributed by atoms with van der Waals surface area (Å²) in [6.07, 6.45) is 1.13. The zero-order valence-corrected chi connectivity index (χ0v) is 20.2. The highest BCUT2D eigenvalue weighted by Crippen LogP contribution is 2.29. The van der Waals surface area contributed by atoms with Gasteiger partial charge in [-0.1, -0.05) is 78.0 Å². The van der Waals surface area contributed by atoms with Gasteiger partial charge in [-0.25, -0.2) is 0 Å². The third-order valence-electron chi connectivity index (χ3n) is 6.47. The molecule has 3 aromatic rings. The van der Waals surface area contributed by atoms with Crippen molar-refractivity contribution in [3.63, 3.8) is 0 Å². The molecule has 1 saturated heterocycles. The molecule has 0 aliphatic carbocycles. The third-order valence-corrected chi connectivity index (χ3v) is 6.47. The van der Waals surface area contributed by atoms with E-state index in [-0.39, 0.29) is 11.9 Å². The van der Waals surface area contributed by atoms with Crippen LogP contribution >= 0.6 is 0 Å². The molecular formula is C29H33N3O3. The van der Waals surface area contributed by atoms with Crippen LogP contribution in [0.3, 0.4) is 0 Å². The molecule has 0 spiro atoms. The lowest BCUT2D eigenvalue weighted by Gasteiger charge is -2.40. The standard InChI is InChI=1S/C29H33N3O3/c1-23(30-34)26-14-8-15-27(22-26)35-21-9-16-28(33)31-17-19-32(20-18-31)29(24-10-4-2-5-11-24)25-12-6-3-7-13-25/h2-8,10-15,22,29,34H,9,16-21H2,1H3. The van der Waals surface area contributed by atoms with Crippen LogP contribution in [0, 0.1) is 0 Å². The minimum Gasteiger partial charge on any atom is -0.494 e. The van der Waals surface area contributed by atoms with E-state index in [1.807, 2.05) is 41.3 Å². The largest absolute Gasteiger partial charge is 0.494 e. The van der Waals surface area contributed by atoms with Gasteiger partial charge in [0.15, 0.2) is 0 Å². The van der Waals surface area contributed by atoms with Crippen molar-refractivity contribution in [1.82, 2.24) is 9.80 Å². The Kier molecular flexibility index (Phi) is 8.52. The van der Waals surface area contributed by atoms with Crippen molar-refractivity contribution >= 4 is 11.6 Å². The van der Waals surface area contributed by atoms with E-state index in [4.69, 9.17) is 9.94 Å². The molecule has 4 rings (SSSR count). The minimum atomic E-state index is 0.182. The van der Waals surface area contributed by atoms with Crippen LogP contribution in [0.5, 0.6) is 5.75 Å². The fraction of sp³-hybridized carbons (Fsp3) is 0.310. The molecule has 1 aliphatic heterocycles. The van der Waals surface area contributed by atoms with Crippen LogP contribution in [0.2, 0.25) is 0 Å². The lowest BCUT2D eigenvalue weighted by molar-refractivity contribution is -0.133. The normalized spacial score (nSPS) is 14.8. The van der Waals surface area contributed by atoms with E-state index in [2.05, 4.69) is 58.6 Å². The molecular weight excluding hydrogens is 438 g/mol. The highest BCUT2D eigenvalue weighted by Gasteiger charge is 2.27. The molecule has 1 heterocycles. The summed E-state index contributed by atoms with van der Waals surface area (Å²) in [5.74, 6) is 0.890. The van der Waals surface area contributed by atoms with Crippen LogP contribution in [0.4, 0.5) is 0 Å². The number of piperazine rings is 1. The van der Waals surface area contributed by atoms with Gasteiger partial charge >= 0.3 is 0 Å². The van der Waals surface area contributed by atoms with Crippen molar-refractivity contribution in [3.05, 3.63) is 102 Å². The molecule has 0 bridgehead atoms. The first-order chi connectivity index (χ1) is 17.2. The number of hydrogen-bond acceptors (Lipinski definition) is 5. The van der Waals surface area contributed by atoms with Gasteiger partial charge in [-0.3, -0.25) is 9.69 Å². The first-order valence-electron chi connectivity index (χ1n) is 12.2. The molecule has 1 aliphatic rings. The predicted molar refractivity (Wildman–Crippen MR) is 138 cm³/mol. The number of rotatable bonds is 9. The van der Waals surface area contributed by atoms with Gasteiger partial charge in [-0.15, -0.1) is 0 Å². The number of carbonyl (C=O) groups is 1. The fourth-order valence-electron chi connectivity index (χ4n) is 4.55. The van der Waals surface area contributed by atoms with Gasteiger partial charge in [-0.05, 0) is 36.6 Å². The Bertz CT molecular complexity index is 1070. The molecule has 0 atom stereocenters. The van der Waals surface area contributed by atoms with Crippen molar-refractivity contribution in [1.29, 1.82) is 0 Å². The first-order valence-corrected chi connectivity index (χ1v) is 12.2. The maximum Gasteiger partial charge on any atom is 0.222 e. The lowest BCUT2D eigenvalue weighted by atomic mass is 9.96. The van der Waals surface area contributed by atoms with E-state index in [9.17, 15) is 4.79 Å². The number of carbonyl (C=O) groups excluding carboxylic acids is 1. The number of amides is 1. The molecule has 182 valence electrons. The Morgan fingerprint density at radius 1 is 0.914 bits per heavy atom. The molecule has 35 heavy (non-hydrogen) atoms. The summed E-state index contributed by atoms with van der Waals surface area (Å²) in [7, 11) is 0. The molecule has 0 radical (unpaired) electrons. The van der Waals surface area contributed by atoms with Crippen LogP contribution in [-0.4, -0.2) is 59.4 Å². The quantitative estimate of drug-likeness (QED) is 0.207. The van der Waals surface area contributed by atoms with Crippen LogP contribution in [-0.2, 0) is 4.79 Å². The molecule has 6 nitrogen and oxygen atoms in total. The number of nitrogens with zero attached hydrogens (tertiary/aromatic N) is 3. The molecule has 3 aromatic carbocycles. The second-order valence-corrected chi connectivity index (χ2v) is 8.81. The smallest absolute Gasteiger partial charge is 0.222 e. The highest BCUT2D eigenvalue weighted by molar-refractivity contribution is 5.98. The van der Waals surface area contributed by atoms with Crippen molar-refractivity contribution in [2.75, 3.05) is 32.8 Å². The zero-order valence-electron chi connectivity index (χ0n) is 20.2. The van der Waals surface area contributed by atoms with Crippen LogP contribution in [0.25, 0.3) is 0 Å². The minimum absolute atomic E-state index is 0.182. The Morgan fingerprint density at radius 2 is 1.54 bits per heavy atom. The van der Waals surface area contributed by atoms with Crippen LogP contribution < -0.4 is 4.74 Å². The molecule has 0 saturated carbocycles. The topological polar surface area (TPSA) is 65.4 Å². The Hall–Kier alpha value is -3.64. The van der Waals surface area contributed by atoms with E-state index < -0.39 is 0 Å². The van der Waals surface area contributed by atoms with Crippen molar-refractivity contribution < 1.29 is 14.7 Å². The first kappa shape index (κ1) is 24.5. The third kappa shape index (κ3) is 6.49. The SMILES string of the molecule is CC(=NO)c1cccc(OCCCC(=O)N2CCN(C(c3ccccc3)c3ccccc3)CC2)c1. The average molecular weight is 472 g/mol. The summed E-state index contributed by atoms with van der Waals surface area (Å²) < 4.78 is 5.81. The molecule has 1 amide bonds. The molecule has 1 N–H and O–H groups in total. The van der Waals surface area contributed by atoms with Gasteiger partial charge in [0, 0.05) is 38.2 Å². The number of hydrogen-bond donors (Lipinski definition) is 1. The van der Waals surface area contributed by atoms with Gasteiger partial charge in [0.25, 0.3) is 0 Å². The lowest BCUT2D eigenvalue weighted by Crippen LogP contribution is -2.49. The van der Waals surface area contributed by atoms with Gasteiger partial charge in [0.1, 0.15) is 5.75 Å². The summed E-state index contributed by atoms with van der Waals surface area (Å²) in [5, 5.41) is 12.2. The Balaban J connectivity index is 1.27. The van der Waals surface area contributed by atoms with E-state index in [0.29, 0.717) is 30.9 Å². The van der Waals surface area contributed by atoms with Gasteiger partial charge in [-0.2, -0.15) is 0 Å². The van der Waals surface area contributed by atoms with Crippen LogP contribution in [0.15, 0.2) is 90.1 Å². The van der Waals surface area contributed by atoms with Gasteiger partial charge in [0.05, 0.1) is 18.4 Å². The van der Waals surface area contributed by atoms with Crippen molar-refractivity contribution in [2.24, 2.45) is 5.16 Å². The number of benzene rings is 3. The van der Waals surface area contributed by atoms with Gasteiger partial charge < -0.3 is 14.8 Å². The predicted octanol–water partition coefficient (Wildman–Crippen LogP) is 4.98. The van der Waals surface area contributed by atoms with E-state index in [0.717, 1.165) is 31.7 Å². The average Bonchev–Trinajstić information content (AvgIpc) is 2.92. The molecule has 0 aromatic heterocycles. The van der Waals surface area contributed by atoms with Crippen molar-refractivity contribution in [3.8, 4) is 5.75 Å². The number of oxime groups is 1. The maximum absolute atomic E-state index is 12.8. The van der Waals surface area contributed by atoms with E-state index >= 15 is 0 Å².